The molecule has 100 valence electrons. The maximum Gasteiger partial charge on any atom is 0.128 e. The van der Waals surface area contributed by atoms with Gasteiger partial charge < -0.3 is 9.84 Å². The first-order valence-corrected chi connectivity index (χ1v) is 6.58. The van der Waals surface area contributed by atoms with Crippen LogP contribution in [0, 0.1) is 13.8 Å². The van der Waals surface area contributed by atoms with E-state index in [1.165, 1.54) is 11.1 Å². The maximum absolute atomic E-state index is 9.53. The highest BCUT2D eigenvalue weighted by Gasteiger charge is 2.08. The lowest BCUT2D eigenvalue weighted by Gasteiger charge is -2.11. The fourth-order valence-electron chi connectivity index (χ4n) is 1.82. The Balaban J connectivity index is 2.24. The Bertz CT molecular complexity index is 591. The van der Waals surface area contributed by atoms with E-state index in [0.29, 0.717) is 16.3 Å². The fourth-order valence-corrected chi connectivity index (χ4v) is 2.15. The summed E-state index contributed by atoms with van der Waals surface area (Å²) in [6.07, 6.45) is -0.580. The predicted molar refractivity (Wildman–Crippen MR) is 78.1 cm³/mol. The van der Waals surface area contributed by atoms with Crippen LogP contribution in [0.2, 0.25) is 5.02 Å². The minimum atomic E-state index is -0.580. The van der Waals surface area contributed by atoms with E-state index in [4.69, 9.17) is 16.3 Å². The van der Waals surface area contributed by atoms with E-state index in [-0.39, 0.29) is 0 Å². The molecule has 0 amide bonds. The smallest absolute Gasteiger partial charge is 0.128 e. The molecule has 2 aromatic rings. The second kappa shape index (κ2) is 5.64. The molecule has 0 radical (unpaired) electrons. The second-order valence-electron chi connectivity index (χ2n) is 4.71. The van der Waals surface area contributed by atoms with Crippen LogP contribution in [0.25, 0.3) is 0 Å². The Labute approximate surface area is 118 Å². The molecule has 0 saturated carbocycles. The fraction of sp³-hybridized carbons (Fsp3) is 0.250. The number of rotatable bonds is 3. The number of aliphatic hydroxyl groups excluding tert-OH is 1. The van der Waals surface area contributed by atoms with E-state index >= 15 is 0 Å². The highest BCUT2D eigenvalue weighted by atomic mass is 35.5. The lowest BCUT2D eigenvalue weighted by molar-refractivity contribution is 0.199. The Hall–Kier alpha value is -1.51. The van der Waals surface area contributed by atoms with Crippen LogP contribution in [0.5, 0.6) is 11.5 Å². The lowest BCUT2D eigenvalue weighted by Crippen LogP contribution is -1.93. The highest BCUT2D eigenvalue weighted by molar-refractivity contribution is 6.31. The van der Waals surface area contributed by atoms with Gasteiger partial charge in [0.25, 0.3) is 0 Å². The summed E-state index contributed by atoms with van der Waals surface area (Å²) in [5.74, 6) is 1.45. The van der Waals surface area contributed by atoms with Crippen LogP contribution >= 0.6 is 11.6 Å². The average molecular weight is 277 g/mol. The minimum absolute atomic E-state index is 0.510. The minimum Gasteiger partial charge on any atom is -0.457 e. The molecule has 0 aliphatic rings. The third-order valence-electron chi connectivity index (χ3n) is 3.14. The number of aliphatic hydroxyl groups is 1. The first-order valence-electron chi connectivity index (χ1n) is 6.20. The summed E-state index contributed by atoms with van der Waals surface area (Å²) >= 11 is 6.11. The van der Waals surface area contributed by atoms with Crippen molar-refractivity contribution in [2.24, 2.45) is 0 Å². The van der Waals surface area contributed by atoms with Gasteiger partial charge in [-0.15, -0.1) is 0 Å². The molecule has 0 saturated heterocycles. The number of hydrogen-bond acceptors (Lipinski definition) is 2. The zero-order chi connectivity index (χ0) is 14.0. The molecule has 3 heteroatoms. The lowest BCUT2D eigenvalue weighted by atomic mass is 10.1. The van der Waals surface area contributed by atoms with Gasteiger partial charge in [-0.3, -0.25) is 0 Å². The molecular formula is C16H17ClO2. The van der Waals surface area contributed by atoms with Gasteiger partial charge in [-0.25, -0.2) is 0 Å². The van der Waals surface area contributed by atoms with Crippen molar-refractivity contribution in [2.45, 2.75) is 26.9 Å². The molecule has 1 unspecified atom stereocenters. The van der Waals surface area contributed by atoms with Gasteiger partial charge in [0.2, 0.25) is 0 Å². The summed E-state index contributed by atoms with van der Waals surface area (Å²) in [5.41, 5.74) is 3.12. The van der Waals surface area contributed by atoms with Crippen LogP contribution in [0.3, 0.4) is 0 Å². The molecule has 0 fully saturated rings. The normalized spacial score (nSPS) is 12.3. The van der Waals surface area contributed by atoms with Crippen molar-refractivity contribution in [3.63, 3.8) is 0 Å². The first-order chi connectivity index (χ1) is 8.97. The quantitative estimate of drug-likeness (QED) is 0.872. The van der Waals surface area contributed by atoms with Crippen molar-refractivity contribution in [3.8, 4) is 11.5 Å². The highest BCUT2D eigenvalue weighted by Crippen LogP contribution is 2.30. The van der Waals surface area contributed by atoms with Gasteiger partial charge in [0.05, 0.1) is 11.1 Å². The summed E-state index contributed by atoms with van der Waals surface area (Å²) in [6, 6.07) is 11.3. The number of ether oxygens (including phenoxy) is 1. The van der Waals surface area contributed by atoms with Gasteiger partial charge in [-0.2, -0.15) is 0 Å². The Morgan fingerprint density at radius 3 is 2.21 bits per heavy atom. The maximum atomic E-state index is 9.53. The molecule has 1 atom stereocenters. The van der Waals surface area contributed by atoms with Gasteiger partial charge >= 0.3 is 0 Å². The summed E-state index contributed by atoms with van der Waals surface area (Å²) in [5, 5.41) is 10.0. The Kier molecular flexibility index (Phi) is 4.13. The van der Waals surface area contributed by atoms with Crippen LogP contribution in [-0.4, -0.2) is 5.11 Å². The zero-order valence-electron chi connectivity index (χ0n) is 11.3. The zero-order valence-corrected chi connectivity index (χ0v) is 12.0. The predicted octanol–water partition coefficient (Wildman–Crippen LogP) is 4.80. The first kappa shape index (κ1) is 13.9. The molecule has 0 aliphatic carbocycles. The summed E-state index contributed by atoms with van der Waals surface area (Å²) < 4.78 is 5.76. The Morgan fingerprint density at radius 2 is 1.63 bits per heavy atom. The molecule has 0 spiro atoms. The van der Waals surface area contributed by atoms with Crippen LogP contribution in [0.15, 0.2) is 36.4 Å². The molecule has 0 bridgehead atoms. The van der Waals surface area contributed by atoms with E-state index in [1.807, 2.05) is 31.2 Å². The van der Waals surface area contributed by atoms with Crippen molar-refractivity contribution in [1.29, 1.82) is 0 Å². The third-order valence-corrected chi connectivity index (χ3v) is 3.46. The van der Waals surface area contributed by atoms with E-state index in [0.717, 1.165) is 5.75 Å². The van der Waals surface area contributed by atoms with Crippen molar-refractivity contribution in [3.05, 3.63) is 58.1 Å². The molecular weight excluding hydrogens is 260 g/mol. The second-order valence-corrected chi connectivity index (χ2v) is 5.11. The van der Waals surface area contributed by atoms with Crippen molar-refractivity contribution < 1.29 is 9.84 Å². The molecule has 1 N–H and O–H groups in total. The largest absolute Gasteiger partial charge is 0.457 e. The van der Waals surface area contributed by atoms with Crippen LogP contribution < -0.4 is 4.74 Å². The molecule has 0 aliphatic heterocycles. The topological polar surface area (TPSA) is 29.5 Å². The van der Waals surface area contributed by atoms with Crippen molar-refractivity contribution in [1.82, 2.24) is 0 Å². The number of halogens is 1. The molecule has 0 aromatic heterocycles. The van der Waals surface area contributed by atoms with Gasteiger partial charge in [0.1, 0.15) is 11.5 Å². The number of hydrogen-bond donors (Lipinski definition) is 1. The van der Waals surface area contributed by atoms with E-state index < -0.39 is 6.10 Å². The molecule has 0 heterocycles. The Morgan fingerprint density at radius 1 is 1.00 bits per heavy atom. The van der Waals surface area contributed by atoms with Crippen LogP contribution in [-0.2, 0) is 0 Å². The molecule has 2 aromatic carbocycles. The molecule has 2 rings (SSSR count). The van der Waals surface area contributed by atoms with Gasteiger partial charge in [0.15, 0.2) is 0 Å². The third kappa shape index (κ3) is 3.28. The van der Waals surface area contributed by atoms with Gasteiger partial charge in [-0.1, -0.05) is 23.7 Å². The SMILES string of the molecule is Cc1ccc(Oc2ccc(C(C)O)c(Cl)c2)cc1C. The monoisotopic (exact) mass is 276 g/mol. The summed E-state index contributed by atoms with van der Waals surface area (Å²) in [4.78, 5) is 0. The van der Waals surface area contributed by atoms with Crippen molar-refractivity contribution >= 4 is 11.6 Å². The number of aryl methyl sites for hydroxylation is 2. The standard InChI is InChI=1S/C16H17ClO2/c1-10-4-5-13(8-11(10)2)19-14-6-7-15(12(3)18)16(17)9-14/h4-9,12,18H,1-3H3. The van der Waals surface area contributed by atoms with E-state index in [2.05, 4.69) is 6.92 Å². The van der Waals surface area contributed by atoms with Crippen LogP contribution in [0.4, 0.5) is 0 Å². The van der Waals surface area contributed by atoms with E-state index in [1.54, 1.807) is 19.1 Å². The molecule has 19 heavy (non-hydrogen) atoms. The number of benzene rings is 2. The van der Waals surface area contributed by atoms with E-state index in [9.17, 15) is 5.11 Å². The summed E-state index contributed by atoms with van der Waals surface area (Å²) in [7, 11) is 0. The average Bonchev–Trinajstić information content (AvgIpc) is 2.33. The van der Waals surface area contributed by atoms with Crippen LogP contribution in [0.1, 0.15) is 29.7 Å². The molecule has 2 nitrogen and oxygen atoms in total. The van der Waals surface area contributed by atoms with Gasteiger partial charge in [0, 0.05) is 0 Å². The van der Waals surface area contributed by atoms with Gasteiger partial charge in [-0.05, 0) is 61.7 Å². The van der Waals surface area contributed by atoms with Crippen molar-refractivity contribution in [2.75, 3.05) is 0 Å². The summed E-state index contributed by atoms with van der Waals surface area (Å²) in [6.45, 7) is 5.80.